The predicted molar refractivity (Wildman–Crippen MR) is 137 cm³/mol. The minimum atomic E-state index is -0.585. The van der Waals surface area contributed by atoms with E-state index in [9.17, 15) is 9.59 Å². The first kappa shape index (κ1) is 25.0. The average molecular weight is 487 g/mol. The van der Waals surface area contributed by atoms with Gasteiger partial charge in [-0.3, -0.25) is 9.51 Å². The maximum absolute atomic E-state index is 11.4. The Labute approximate surface area is 209 Å². The minimum Gasteiger partial charge on any atom is -0.477 e. The van der Waals surface area contributed by atoms with Gasteiger partial charge in [0.25, 0.3) is 0 Å². The number of hydrogen-bond donors (Lipinski definition) is 1. The molecule has 0 aliphatic rings. The number of hydrogen-bond acceptors (Lipinski definition) is 7. The molecule has 0 spiro atoms. The molecule has 0 unspecified atom stereocenters. The van der Waals surface area contributed by atoms with E-state index in [0.717, 1.165) is 59.1 Å². The predicted octanol–water partition coefficient (Wildman–Crippen LogP) is 5.09. The highest BCUT2D eigenvalue weighted by atomic mass is 16.5. The van der Waals surface area contributed by atoms with E-state index < -0.39 is 5.76 Å². The van der Waals surface area contributed by atoms with Crippen LogP contribution in [0.25, 0.3) is 22.5 Å². The normalized spacial score (nSPS) is 10.9. The van der Waals surface area contributed by atoms with Gasteiger partial charge in [-0.25, -0.2) is 9.78 Å². The summed E-state index contributed by atoms with van der Waals surface area (Å²) < 4.78 is 10.7. The van der Waals surface area contributed by atoms with E-state index in [2.05, 4.69) is 46.3 Å². The number of aromatic nitrogens is 4. The van der Waals surface area contributed by atoms with Gasteiger partial charge in [0.15, 0.2) is 5.82 Å². The molecular weight excluding hydrogens is 456 g/mol. The van der Waals surface area contributed by atoms with E-state index in [0.29, 0.717) is 43.4 Å². The second-order valence-electron chi connectivity index (χ2n) is 8.63. The summed E-state index contributed by atoms with van der Waals surface area (Å²) in [7, 11) is 0. The number of aromatic amines is 1. The zero-order valence-corrected chi connectivity index (χ0v) is 20.6. The van der Waals surface area contributed by atoms with Crippen molar-refractivity contribution in [1.29, 1.82) is 0 Å². The number of aldehydes is 1. The van der Waals surface area contributed by atoms with Crippen molar-refractivity contribution in [2.24, 2.45) is 0 Å². The quantitative estimate of drug-likeness (QED) is 0.219. The van der Waals surface area contributed by atoms with Gasteiger partial charge in [0, 0.05) is 24.0 Å². The number of carbonyl (C=O) groups is 1. The van der Waals surface area contributed by atoms with Crippen molar-refractivity contribution in [3.8, 4) is 28.4 Å². The monoisotopic (exact) mass is 486 g/mol. The number of unbranched alkanes of at least 4 members (excludes halogenated alkanes) is 2. The highest BCUT2D eigenvalue weighted by Gasteiger charge is 2.16. The maximum atomic E-state index is 11.4. The van der Waals surface area contributed by atoms with Gasteiger partial charge in [-0.05, 0) is 42.9 Å². The van der Waals surface area contributed by atoms with Crippen LogP contribution < -0.4 is 10.5 Å². The summed E-state index contributed by atoms with van der Waals surface area (Å²) in [6, 6.07) is 16.0. The first-order chi connectivity index (χ1) is 17.6. The third-order valence-corrected chi connectivity index (χ3v) is 5.91. The lowest BCUT2D eigenvalue weighted by Crippen LogP contribution is -2.10. The number of ether oxygens (including phenoxy) is 1. The Balaban J connectivity index is 1.62. The van der Waals surface area contributed by atoms with E-state index in [1.807, 2.05) is 31.2 Å². The smallest absolute Gasteiger partial charge is 0.439 e. The Hall–Kier alpha value is -4.07. The lowest BCUT2D eigenvalue weighted by Gasteiger charge is -2.15. The number of nitrogens with zero attached hydrogens (tertiary/aromatic N) is 3. The third kappa shape index (κ3) is 6.13. The van der Waals surface area contributed by atoms with E-state index >= 15 is 0 Å². The molecule has 0 aliphatic heterocycles. The number of H-pyrrole nitrogens is 1. The summed E-state index contributed by atoms with van der Waals surface area (Å²) in [4.78, 5) is 34.1. The van der Waals surface area contributed by atoms with Crippen LogP contribution in [-0.2, 0) is 17.6 Å². The molecule has 0 bridgehead atoms. The first-order valence-electron chi connectivity index (χ1n) is 12.3. The molecule has 2 heterocycles. The van der Waals surface area contributed by atoms with Crippen LogP contribution in [0.4, 0.5) is 0 Å². The Morgan fingerprint density at radius 1 is 1.03 bits per heavy atom. The number of nitrogens with one attached hydrogen (secondary N) is 1. The van der Waals surface area contributed by atoms with Crippen LogP contribution in [-0.4, -0.2) is 33.0 Å². The van der Waals surface area contributed by atoms with Gasteiger partial charge >= 0.3 is 5.76 Å². The van der Waals surface area contributed by atoms with E-state index in [4.69, 9.17) is 14.2 Å². The molecule has 0 atom stereocenters. The van der Waals surface area contributed by atoms with E-state index in [1.54, 1.807) is 0 Å². The highest BCUT2D eigenvalue weighted by molar-refractivity contribution is 5.80. The van der Waals surface area contributed by atoms with Gasteiger partial charge in [0.1, 0.15) is 12.1 Å². The van der Waals surface area contributed by atoms with Crippen molar-refractivity contribution in [1.82, 2.24) is 20.1 Å². The van der Waals surface area contributed by atoms with Gasteiger partial charge in [-0.1, -0.05) is 67.0 Å². The van der Waals surface area contributed by atoms with Crippen LogP contribution in [0.15, 0.2) is 57.8 Å². The van der Waals surface area contributed by atoms with Gasteiger partial charge in [-0.15, -0.1) is 0 Å². The standard InChI is InChI=1S/C28H30N4O4/c1-3-4-11-25-24(27(30-19(2)29-25)35-17-8-7-16-33)18-20-12-14-21(15-13-20)22-9-5-6-10-23(22)26-31-28(34)36-32-26/h5-6,9-10,12-16H,3-4,7-8,11,17-18H2,1-2H3,(H,31,32,34). The zero-order chi connectivity index (χ0) is 25.3. The summed E-state index contributed by atoms with van der Waals surface area (Å²) in [5.74, 6) is 1.10. The topological polar surface area (TPSA) is 111 Å². The molecule has 0 fully saturated rings. The van der Waals surface area contributed by atoms with Crippen LogP contribution in [0, 0.1) is 6.92 Å². The molecule has 0 amide bonds. The molecule has 2 aromatic heterocycles. The molecule has 2 aromatic carbocycles. The Kier molecular flexibility index (Phi) is 8.39. The SMILES string of the molecule is CCCCc1nc(C)nc(OCCCC=O)c1Cc1ccc(-c2ccccc2-c2noc(=O)[nH]2)cc1. The van der Waals surface area contributed by atoms with Crippen molar-refractivity contribution >= 4 is 6.29 Å². The van der Waals surface area contributed by atoms with Crippen molar-refractivity contribution in [2.45, 2.75) is 52.4 Å². The fourth-order valence-corrected chi connectivity index (χ4v) is 4.10. The van der Waals surface area contributed by atoms with Crippen LogP contribution in [0.1, 0.15) is 55.3 Å². The van der Waals surface area contributed by atoms with Crippen molar-refractivity contribution in [2.75, 3.05) is 6.61 Å². The second kappa shape index (κ2) is 12.1. The minimum absolute atomic E-state index is 0.397. The molecule has 0 saturated heterocycles. The fourth-order valence-electron chi connectivity index (χ4n) is 4.10. The molecule has 8 heteroatoms. The van der Waals surface area contributed by atoms with Crippen molar-refractivity contribution in [3.05, 3.63) is 81.7 Å². The number of aryl methyl sites for hydroxylation is 2. The van der Waals surface area contributed by atoms with Gasteiger partial charge in [0.05, 0.1) is 12.3 Å². The molecule has 0 saturated carbocycles. The van der Waals surface area contributed by atoms with Crippen LogP contribution in [0.3, 0.4) is 0 Å². The Bertz CT molecular complexity index is 1360. The average Bonchev–Trinajstić information content (AvgIpc) is 3.33. The molecule has 1 N–H and O–H groups in total. The molecule has 0 aliphatic carbocycles. The van der Waals surface area contributed by atoms with Crippen molar-refractivity contribution < 1.29 is 14.1 Å². The molecule has 8 nitrogen and oxygen atoms in total. The summed E-state index contributed by atoms with van der Waals surface area (Å²) in [6.45, 7) is 4.48. The van der Waals surface area contributed by atoms with Gasteiger partial charge in [0.2, 0.25) is 5.88 Å². The summed E-state index contributed by atoms with van der Waals surface area (Å²) in [6.07, 6.45) is 5.63. The van der Waals surface area contributed by atoms with Gasteiger partial charge < -0.3 is 9.53 Å². The molecular formula is C28H30N4O4. The molecule has 186 valence electrons. The third-order valence-electron chi connectivity index (χ3n) is 5.91. The van der Waals surface area contributed by atoms with E-state index in [-0.39, 0.29) is 0 Å². The lowest BCUT2D eigenvalue weighted by molar-refractivity contribution is -0.108. The van der Waals surface area contributed by atoms with Crippen LogP contribution >= 0.6 is 0 Å². The number of rotatable bonds is 12. The van der Waals surface area contributed by atoms with Crippen LogP contribution in [0.2, 0.25) is 0 Å². The number of benzene rings is 2. The molecule has 0 radical (unpaired) electrons. The van der Waals surface area contributed by atoms with E-state index in [1.165, 1.54) is 0 Å². The van der Waals surface area contributed by atoms with Gasteiger partial charge in [-0.2, -0.15) is 4.98 Å². The summed E-state index contributed by atoms with van der Waals surface area (Å²) >= 11 is 0. The lowest BCUT2D eigenvalue weighted by atomic mass is 9.96. The first-order valence-corrected chi connectivity index (χ1v) is 12.3. The Morgan fingerprint density at radius 3 is 2.50 bits per heavy atom. The Morgan fingerprint density at radius 2 is 1.81 bits per heavy atom. The molecule has 36 heavy (non-hydrogen) atoms. The summed E-state index contributed by atoms with van der Waals surface area (Å²) in [5, 5.41) is 3.84. The fraction of sp³-hybridized carbons (Fsp3) is 0.321. The molecule has 4 rings (SSSR count). The molecule has 4 aromatic rings. The van der Waals surface area contributed by atoms with Crippen molar-refractivity contribution in [3.63, 3.8) is 0 Å². The zero-order valence-electron chi connectivity index (χ0n) is 20.6. The maximum Gasteiger partial charge on any atom is 0.439 e. The number of carbonyl (C=O) groups excluding carboxylic acids is 1. The summed E-state index contributed by atoms with van der Waals surface area (Å²) in [5.41, 5.74) is 5.84. The van der Waals surface area contributed by atoms with Crippen LogP contribution in [0.5, 0.6) is 5.88 Å². The largest absolute Gasteiger partial charge is 0.477 e. The second-order valence-corrected chi connectivity index (χ2v) is 8.63. The highest BCUT2D eigenvalue weighted by Crippen LogP contribution is 2.31.